The van der Waals surface area contributed by atoms with Gasteiger partial charge in [-0.15, -0.1) is 0 Å². The molecule has 1 fully saturated rings. The van der Waals surface area contributed by atoms with Crippen LogP contribution in [-0.2, 0) is 11.3 Å². The van der Waals surface area contributed by atoms with Crippen LogP contribution in [0, 0.1) is 5.41 Å². The first-order valence-corrected chi connectivity index (χ1v) is 6.33. The molecule has 0 aliphatic carbocycles. The first-order chi connectivity index (χ1) is 8.94. The number of benzene rings is 1. The minimum atomic E-state index is -0.436. The second kappa shape index (κ2) is 5.09. The van der Waals surface area contributed by atoms with Crippen LogP contribution in [0.4, 0.5) is 0 Å². The maximum absolute atomic E-state index is 11.4. The van der Waals surface area contributed by atoms with Gasteiger partial charge in [0.25, 0.3) is 0 Å². The van der Waals surface area contributed by atoms with Gasteiger partial charge in [0.05, 0.1) is 12.5 Å². The second-order valence-electron chi connectivity index (χ2n) is 5.39. The van der Waals surface area contributed by atoms with E-state index in [-0.39, 0.29) is 11.7 Å². The van der Waals surface area contributed by atoms with Gasteiger partial charge in [0, 0.05) is 13.1 Å². The molecular formula is C14H20N2O3. The molecule has 0 radical (unpaired) electrons. The van der Waals surface area contributed by atoms with E-state index in [0.29, 0.717) is 18.8 Å². The largest absolute Gasteiger partial charge is 0.504 e. The third kappa shape index (κ3) is 2.81. The summed E-state index contributed by atoms with van der Waals surface area (Å²) in [7, 11) is 1.52. The van der Waals surface area contributed by atoms with Crippen LogP contribution < -0.4 is 10.5 Å². The van der Waals surface area contributed by atoms with E-state index in [2.05, 4.69) is 4.90 Å². The number of amides is 1. The Labute approximate surface area is 113 Å². The van der Waals surface area contributed by atoms with Crippen molar-refractivity contribution >= 4 is 5.91 Å². The zero-order valence-electron chi connectivity index (χ0n) is 11.3. The van der Waals surface area contributed by atoms with Gasteiger partial charge in [-0.3, -0.25) is 9.69 Å². The summed E-state index contributed by atoms with van der Waals surface area (Å²) < 4.78 is 5.01. The molecule has 0 spiro atoms. The van der Waals surface area contributed by atoms with Gasteiger partial charge in [-0.2, -0.15) is 0 Å². The summed E-state index contributed by atoms with van der Waals surface area (Å²) in [6, 6.07) is 5.35. The molecule has 19 heavy (non-hydrogen) atoms. The number of carbonyl (C=O) groups excluding carboxylic acids is 1. The van der Waals surface area contributed by atoms with Crippen molar-refractivity contribution in [3.8, 4) is 11.5 Å². The maximum atomic E-state index is 11.4. The van der Waals surface area contributed by atoms with Gasteiger partial charge in [-0.05, 0) is 37.6 Å². The van der Waals surface area contributed by atoms with Gasteiger partial charge >= 0.3 is 0 Å². The van der Waals surface area contributed by atoms with Crippen LogP contribution in [0.1, 0.15) is 18.9 Å². The van der Waals surface area contributed by atoms with Crippen LogP contribution in [0.15, 0.2) is 18.2 Å². The molecule has 104 valence electrons. The molecule has 2 rings (SSSR count). The molecule has 1 heterocycles. The first kappa shape index (κ1) is 13.7. The number of hydrogen-bond acceptors (Lipinski definition) is 4. The molecule has 1 aromatic rings. The summed E-state index contributed by atoms with van der Waals surface area (Å²) in [6.07, 6.45) is 0.782. The van der Waals surface area contributed by atoms with E-state index in [4.69, 9.17) is 10.5 Å². The number of likely N-dealkylation sites (tertiary alicyclic amines) is 1. The van der Waals surface area contributed by atoms with Crippen LogP contribution in [0.2, 0.25) is 0 Å². The third-order valence-corrected chi connectivity index (χ3v) is 3.80. The number of primary amides is 1. The minimum absolute atomic E-state index is 0.136. The normalized spacial score (nSPS) is 23.5. The molecule has 1 atom stereocenters. The van der Waals surface area contributed by atoms with Crippen molar-refractivity contribution < 1.29 is 14.6 Å². The van der Waals surface area contributed by atoms with Crippen LogP contribution in [-0.4, -0.2) is 36.1 Å². The fourth-order valence-corrected chi connectivity index (χ4v) is 2.48. The van der Waals surface area contributed by atoms with Crippen molar-refractivity contribution in [2.75, 3.05) is 20.2 Å². The van der Waals surface area contributed by atoms with E-state index in [1.807, 2.05) is 13.0 Å². The number of nitrogens with zero attached hydrogens (tertiary/aromatic N) is 1. The molecule has 0 bridgehead atoms. The Kier molecular flexibility index (Phi) is 3.66. The van der Waals surface area contributed by atoms with Crippen molar-refractivity contribution in [3.05, 3.63) is 23.8 Å². The monoisotopic (exact) mass is 264 g/mol. The highest BCUT2D eigenvalue weighted by Crippen LogP contribution is 2.32. The Hall–Kier alpha value is -1.75. The van der Waals surface area contributed by atoms with Crippen LogP contribution in [0.25, 0.3) is 0 Å². The molecule has 0 saturated carbocycles. The van der Waals surface area contributed by atoms with Gasteiger partial charge < -0.3 is 15.6 Å². The predicted molar refractivity (Wildman–Crippen MR) is 71.9 cm³/mol. The Morgan fingerprint density at radius 1 is 1.58 bits per heavy atom. The number of aromatic hydroxyl groups is 1. The van der Waals surface area contributed by atoms with Crippen molar-refractivity contribution in [1.29, 1.82) is 0 Å². The number of nitrogens with two attached hydrogens (primary N) is 1. The number of hydrogen-bond donors (Lipinski definition) is 2. The molecule has 5 heteroatoms. The lowest BCUT2D eigenvalue weighted by Gasteiger charge is -2.21. The van der Waals surface area contributed by atoms with E-state index in [1.54, 1.807) is 12.1 Å². The lowest BCUT2D eigenvalue weighted by molar-refractivity contribution is -0.126. The molecule has 1 unspecified atom stereocenters. The number of ether oxygens (including phenoxy) is 1. The Balaban J connectivity index is 2.03. The molecular weight excluding hydrogens is 244 g/mol. The molecule has 0 aromatic heterocycles. The smallest absolute Gasteiger partial charge is 0.224 e. The fraction of sp³-hybridized carbons (Fsp3) is 0.500. The fourth-order valence-electron chi connectivity index (χ4n) is 2.48. The summed E-state index contributed by atoms with van der Waals surface area (Å²) >= 11 is 0. The highest BCUT2D eigenvalue weighted by molar-refractivity contribution is 5.81. The number of rotatable bonds is 4. The van der Waals surface area contributed by atoms with E-state index < -0.39 is 5.41 Å². The standard InChI is InChI=1S/C14H20N2O3/c1-14(13(15)18)5-6-16(9-14)8-10-3-4-12(19-2)11(17)7-10/h3-4,7,17H,5-6,8-9H2,1-2H3,(H2,15,18). The summed E-state index contributed by atoms with van der Waals surface area (Å²) in [5.41, 5.74) is 5.98. The van der Waals surface area contributed by atoms with E-state index in [0.717, 1.165) is 18.5 Å². The Morgan fingerprint density at radius 2 is 2.32 bits per heavy atom. The molecule has 1 aliphatic heterocycles. The summed E-state index contributed by atoms with van der Waals surface area (Å²) in [4.78, 5) is 13.6. The molecule has 1 amide bonds. The summed E-state index contributed by atoms with van der Waals surface area (Å²) in [5.74, 6) is 0.358. The number of methoxy groups -OCH3 is 1. The number of phenols is 1. The topological polar surface area (TPSA) is 75.8 Å². The lowest BCUT2D eigenvalue weighted by atomic mass is 9.89. The van der Waals surface area contributed by atoms with Crippen LogP contribution in [0.5, 0.6) is 11.5 Å². The summed E-state index contributed by atoms with van der Waals surface area (Å²) in [6.45, 7) is 4.10. The van der Waals surface area contributed by atoms with Gasteiger partial charge in [0.1, 0.15) is 0 Å². The molecule has 1 aromatic carbocycles. The van der Waals surface area contributed by atoms with E-state index in [9.17, 15) is 9.90 Å². The van der Waals surface area contributed by atoms with Crippen LogP contribution >= 0.6 is 0 Å². The quantitative estimate of drug-likeness (QED) is 0.853. The van der Waals surface area contributed by atoms with Crippen molar-refractivity contribution in [3.63, 3.8) is 0 Å². The molecule has 1 aliphatic rings. The Morgan fingerprint density at radius 3 is 2.84 bits per heavy atom. The lowest BCUT2D eigenvalue weighted by Crippen LogP contribution is -2.36. The highest BCUT2D eigenvalue weighted by Gasteiger charge is 2.38. The second-order valence-corrected chi connectivity index (χ2v) is 5.39. The van der Waals surface area contributed by atoms with E-state index >= 15 is 0 Å². The zero-order valence-corrected chi connectivity index (χ0v) is 11.3. The van der Waals surface area contributed by atoms with Gasteiger partial charge in [0.2, 0.25) is 5.91 Å². The number of phenolic OH excluding ortho intramolecular Hbond substituents is 1. The highest BCUT2D eigenvalue weighted by atomic mass is 16.5. The first-order valence-electron chi connectivity index (χ1n) is 6.33. The SMILES string of the molecule is COc1ccc(CN2CCC(C)(C(N)=O)C2)cc1O. The third-order valence-electron chi connectivity index (χ3n) is 3.80. The number of carbonyl (C=O) groups is 1. The minimum Gasteiger partial charge on any atom is -0.504 e. The average Bonchev–Trinajstić information content (AvgIpc) is 2.73. The van der Waals surface area contributed by atoms with E-state index in [1.165, 1.54) is 7.11 Å². The molecule has 1 saturated heterocycles. The van der Waals surface area contributed by atoms with Gasteiger partial charge in [0.15, 0.2) is 11.5 Å². The molecule has 3 N–H and O–H groups in total. The molecule has 5 nitrogen and oxygen atoms in total. The maximum Gasteiger partial charge on any atom is 0.224 e. The van der Waals surface area contributed by atoms with Crippen molar-refractivity contribution in [2.45, 2.75) is 19.9 Å². The zero-order chi connectivity index (χ0) is 14.0. The Bertz CT molecular complexity index is 490. The van der Waals surface area contributed by atoms with Gasteiger partial charge in [-0.1, -0.05) is 6.07 Å². The van der Waals surface area contributed by atoms with Crippen LogP contribution in [0.3, 0.4) is 0 Å². The summed E-state index contributed by atoms with van der Waals surface area (Å²) in [5, 5.41) is 9.74. The predicted octanol–water partition coefficient (Wildman–Crippen LogP) is 1.10. The van der Waals surface area contributed by atoms with Crippen molar-refractivity contribution in [2.24, 2.45) is 11.1 Å². The average molecular weight is 264 g/mol. The van der Waals surface area contributed by atoms with Gasteiger partial charge in [-0.25, -0.2) is 0 Å². The van der Waals surface area contributed by atoms with Crippen molar-refractivity contribution in [1.82, 2.24) is 4.90 Å².